The number of pyridine rings is 1. The minimum atomic E-state index is -0.129. The van der Waals surface area contributed by atoms with Gasteiger partial charge in [0.2, 0.25) is 0 Å². The van der Waals surface area contributed by atoms with Gasteiger partial charge in [-0.15, -0.1) is 0 Å². The monoisotopic (exact) mass is 409 g/mol. The van der Waals surface area contributed by atoms with Gasteiger partial charge in [-0.1, -0.05) is 18.2 Å². The van der Waals surface area contributed by atoms with E-state index in [-0.39, 0.29) is 11.9 Å². The van der Waals surface area contributed by atoms with Crippen LogP contribution in [0.1, 0.15) is 41.5 Å². The Morgan fingerprint density at radius 3 is 2.76 bits per heavy atom. The van der Waals surface area contributed by atoms with Crippen LogP contribution in [0, 0.1) is 6.92 Å². The van der Waals surface area contributed by atoms with E-state index in [0.717, 1.165) is 41.9 Å². The van der Waals surface area contributed by atoms with Crippen LogP contribution in [0.3, 0.4) is 0 Å². The summed E-state index contributed by atoms with van der Waals surface area (Å²) >= 11 is 2.00. The summed E-state index contributed by atoms with van der Waals surface area (Å²) in [6.45, 7) is 9.06. The maximum Gasteiger partial charge on any atom is 0.257 e. The lowest BCUT2D eigenvalue weighted by molar-refractivity contribution is 0.102. The summed E-state index contributed by atoms with van der Waals surface area (Å²) in [5, 5.41) is 8.41. The molecule has 29 heavy (non-hydrogen) atoms. The SMILES string of the molecule is Cc1nc2c(cnn2C(C)C)cc1C(=O)Nc1ccccc1CN1CCSCC1. The Kier molecular flexibility index (Phi) is 5.87. The first kappa shape index (κ1) is 19.9. The maximum absolute atomic E-state index is 13.1. The number of amides is 1. The second kappa shape index (κ2) is 8.55. The number of thioether (sulfide) groups is 1. The fourth-order valence-electron chi connectivity index (χ4n) is 3.64. The van der Waals surface area contributed by atoms with Crippen molar-refractivity contribution in [2.45, 2.75) is 33.4 Å². The molecular formula is C22H27N5OS. The highest BCUT2D eigenvalue weighted by molar-refractivity contribution is 7.99. The van der Waals surface area contributed by atoms with Gasteiger partial charge in [-0.3, -0.25) is 9.69 Å². The van der Waals surface area contributed by atoms with E-state index in [1.165, 1.54) is 11.5 Å². The molecule has 6 nitrogen and oxygen atoms in total. The highest BCUT2D eigenvalue weighted by atomic mass is 32.2. The summed E-state index contributed by atoms with van der Waals surface area (Å²) in [6.07, 6.45) is 1.78. The first-order valence-electron chi connectivity index (χ1n) is 10.1. The Balaban J connectivity index is 1.57. The third-order valence-electron chi connectivity index (χ3n) is 5.26. The molecule has 152 valence electrons. The number of rotatable bonds is 5. The van der Waals surface area contributed by atoms with Crippen molar-refractivity contribution >= 4 is 34.4 Å². The van der Waals surface area contributed by atoms with Gasteiger partial charge in [-0.25, -0.2) is 9.67 Å². The van der Waals surface area contributed by atoms with Crippen LogP contribution < -0.4 is 5.32 Å². The lowest BCUT2D eigenvalue weighted by Gasteiger charge is -2.27. The number of hydrogen-bond acceptors (Lipinski definition) is 5. The number of fused-ring (bicyclic) bond motifs is 1. The Morgan fingerprint density at radius 2 is 2.00 bits per heavy atom. The molecule has 1 fully saturated rings. The molecule has 2 aromatic heterocycles. The molecule has 1 aliphatic heterocycles. The summed E-state index contributed by atoms with van der Waals surface area (Å²) in [7, 11) is 0. The van der Waals surface area contributed by atoms with E-state index in [0.29, 0.717) is 11.3 Å². The molecule has 3 heterocycles. The van der Waals surface area contributed by atoms with Crippen molar-refractivity contribution in [2.75, 3.05) is 29.9 Å². The number of nitrogens with one attached hydrogen (secondary N) is 1. The molecule has 3 aromatic rings. The predicted molar refractivity (Wildman–Crippen MR) is 120 cm³/mol. The maximum atomic E-state index is 13.1. The average molecular weight is 410 g/mol. The van der Waals surface area contributed by atoms with Crippen LogP contribution in [0.25, 0.3) is 11.0 Å². The van der Waals surface area contributed by atoms with Crippen LogP contribution in [-0.2, 0) is 6.54 Å². The largest absolute Gasteiger partial charge is 0.322 e. The molecular weight excluding hydrogens is 382 g/mol. The van der Waals surface area contributed by atoms with Crippen molar-refractivity contribution in [3.05, 3.63) is 53.3 Å². The fraction of sp³-hybridized carbons (Fsp3) is 0.409. The van der Waals surface area contributed by atoms with E-state index in [4.69, 9.17) is 0 Å². The second-order valence-electron chi connectivity index (χ2n) is 7.72. The Bertz CT molecular complexity index is 1020. The van der Waals surface area contributed by atoms with Gasteiger partial charge in [0.15, 0.2) is 5.65 Å². The van der Waals surface area contributed by atoms with E-state index >= 15 is 0 Å². The van der Waals surface area contributed by atoms with Crippen molar-refractivity contribution in [2.24, 2.45) is 0 Å². The molecule has 0 spiro atoms. The van der Waals surface area contributed by atoms with Gasteiger partial charge in [-0.2, -0.15) is 16.9 Å². The smallest absolute Gasteiger partial charge is 0.257 e. The molecule has 0 bridgehead atoms. The van der Waals surface area contributed by atoms with Gasteiger partial charge < -0.3 is 5.32 Å². The van der Waals surface area contributed by atoms with Crippen LogP contribution in [0.2, 0.25) is 0 Å². The number of benzene rings is 1. The minimum absolute atomic E-state index is 0.129. The molecule has 1 amide bonds. The standard InChI is InChI=1S/C22H27N5OS/c1-15(2)27-21-18(13-23-27)12-19(16(3)24-21)22(28)25-20-7-5-4-6-17(20)14-26-8-10-29-11-9-26/h4-7,12-13,15H,8-11,14H2,1-3H3,(H,25,28). The van der Waals surface area contributed by atoms with Crippen LogP contribution >= 0.6 is 11.8 Å². The Hall–Kier alpha value is -2.38. The van der Waals surface area contributed by atoms with Crippen LogP contribution in [0.5, 0.6) is 0 Å². The number of aryl methyl sites for hydroxylation is 1. The third-order valence-corrected chi connectivity index (χ3v) is 6.20. The Morgan fingerprint density at radius 1 is 1.24 bits per heavy atom. The van der Waals surface area contributed by atoms with E-state index in [1.54, 1.807) is 6.20 Å². The van der Waals surface area contributed by atoms with Crippen molar-refractivity contribution in [3.63, 3.8) is 0 Å². The molecule has 1 N–H and O–H groups in total. The van der Waals surface area contributed by atoms with Gasteiger partial charge in [0, 0.05) is 48.3 Å². The van der Waals surface area contributed by atoms with Crippen LogP contribution in [-0.4, -0.2) is 50.2 Å². The predicted octanol–water partition coefficient (Wildman–Crippen LogP) is 4.12. The molecule has 0 aliphatic carbocycles. The van der Waals surface area contributed by atoms with Gasteiger partial charge in [0.1, 0.15) is 0 Å². The van der Waals surface area contributed by atoms with E-state index in [1.807, 2.05) is 47.6 Å². The van der Waals surface area contributed by atoms with Gasteiger partial charge in [-0.05, 0) is 38.5 Å². The molecule has 1 saturated heterocycles. The summed E-state index contributed by atoms with van der Waals surface area (Å²) in [4.78, 5) is 20.2. The zero-order valence-corrected chi connectivity index (χ0v) is 18.0. The molecule has 0 unspecified atom stereocenters. The van der Waals surface area contributed by atoms with Crippen molar-refractivity contribution in [1.82, 2.24) is 19.7 Å². The zero-order chi connectivity index (χ0) is 20.4. The lowest BCUT2D eigenvalue weighted by atomic mass is 10.1. The van der Waals surface area contributed by atoms with Gasteiger partial charge >= 0.3 is 0 Å². The number of nitrogens with zero attached hydrogens (tertiary/aromatic N) is 4. The normalized spacial score (nSPS) is 15.2. The first-order valence-corrected chi connectivity index (χ1v) is 11.2. The molecule has 0 radical (unpaired) electrons. The lowest BCUT2D eigenvalue weighted by Crippen LogP contribution is -2.32. The van der Waals surface area contributed by atoms with Crippen molar-refractivity contribution in [3.8, 4) is 0 Å². The van der Waals surface area contributed by atoms with Crippen molar-refractivity contribution < 1.29 is 4.79 Å². The van der Waals surface area contributed by atoms with E-state index in [9.17, 15) is 4.79 Å². The fourth-order valence-corrected chi connectivity index (χ4v) is 4.62. The van der Waals surface area contributed by atoms with E-state index in [2.05, 4.69) is 40.2 Å². The van der Waals surface area contributed by atoms with Gasteiger partial charge in [0.25, 0.3) is 5.91 Å². The van der Waals surface area contributed by atoms with E-state index < -0.39 is 0 Å². The first-order chi connectivity index (χ1) is 14.0. The molecule has 1 aliphatic rings. The molecule has 7 heteroatoms. The Labute approximate surface area is 175 Å². The van der Waals surface area contributed by atoms with Crippen molar-refractivity contribution in [1.29, 1.82) is 0 Å². The molecule has 0 saturated carbocycles. The third kappa shape index (κ3) is 4.31. The highest BCUT2D eigenvalue weighted by Crippen LogP contribution is 2.23. The number of aromatic nitrogens is 3. The number of anilines is 1. The zero-order valence-electron chi connectivity index (χ0n) is 17.2. The summed E-state index contributed by atoms with van der Waals surface area (Å²) in [5.74, 6) is 2.21. The van der Waals surface area contributed by atoms with Gasteiger partial charge in [0.05, 0.1) is 17.5 Å². The average Bonchev–Trinajstić information content (AvgIpc) is 3.12. The number of carbonyl (C=O) groups excluding carboxylic acids is 1. The molecule has 0 atom stereocenters. The quantitative estimate of drug-likeness (QED) is 0.687. The molecule has 1 aromatic carbocycles. The summed E-state index contributed by atoms with van der Waals surface area (Å²) in [5.41, 5.74) is 4.13. The summed E-state index contributed by atoms with van der Waals surface area (Å²) in [6, 6.07) is 10.2. The highest BCUT2D eigenvalue weighted by Gasteiger charge is 2.18. The number of para-hydroxylation sites is 1. The minimum Gasteiger partial charge on any atom is -0.322 e. The summed E-state index contributed by atoms with van der Waals surface area (Å²) < 4.78 is 1.89. The van der Waals surface area contributed by atoms with Crippen LogP contribution in [0.15, 0.2) is 36.5 Å². The second-order valence-corrected chi connectivity index (χ2v) is 8.94. The van der Waals surface area contributed by atoms with Crippen LogP contribution in [0.4, 0.5) is 5.69 Å². The molecule has 4 rings (SSSR count). The number of hydrogen-bond donors (Lipinski definition) is 1. The topological polar surface area (TPSA) is 63.1 Å². The number of carbonyl (C=O) groups is 1.